The van der Waals surface area contributed by atoms with Crippen LogP contribution in [-0.2, 0) is 4.65 Å². The van der Waals surface area contributed by atoms with Gasteiger partial charge in [0.1, 0.15) is 0 Å². The van der Waals surface area contributed by atoms with E-state index in [0.29, 0.717) is 17.6 Å². The summed E-state index contributed by atoms with van der Waals surface area (Å²) in [7, 11) is 1.80. The Morgan fingerprint density at radius 1 is 1.42 bits per heavy atom. The van der Waals surface area contributed by atoms with Crippen LogP contribution in [0.2, 0.25) is 0 Å². The Balaban J connectivity index is 1.88. The van der Waals surface area contributed by atoms with Gasteiger partial charge in [0.15, 0.2) is 0 Å². The van der Waals surface area contributed by atoms with E-state index < -0.39 is 0 Å². The molecule has 4 fully saturated rings. The van der Waals surface area contributed by atoms with Crippen molar-refractivity contribution in [3.63, 3.8) is 0 Å². The Kier molecular flexibility index (Phi) is 1.28. The fraction of sp³-hybridized carbons (Fsp3) is 1.00. The number of rotatable bonds is 0. The fourth-order valence-corrected chi connectivity index (χ4v) is 3.29. The van der Waals surface area contributed by atoms with E-state index in [4.69, 9.17) is 4.65 Å². The SMILES string of the molecule is CC1(C)[C@H]2C[C@H]3N[B]O[C@H]3[C@@H]1C2. The quantitative estimate of drug-likeness (QED) is 0.538. The van der Waals surface area contributed by atoms with Gasteiger partial charge in [0, 0.05) is 6.04 Å². The predicted molar refractivity (Wildman–Crippen MR) is 47.5 cm³/mol. The van der Waals surface area contributed by atoms with Crippen molar-refractivity contribution in [2.24, 2.45) is 17.3 Å². The molecule has 0 aromatic carbocycles. The van der Waals surface area contributed by atoms with Crippen molar-refractivity contribution in [1.82, 2.24) is 5.23 Å². The summed E-state index contributed by atoms with van der Waals surface area (Å²) in [6.45, 7) is 4.79. The first kappa shape index (κ1) is 7.39. The standard InChI is InChI=1S/C9H15BNO/c1-9(2)5-3-6(9)8-7(4-5)11-10-12-8/h5-8,11H,3-4H2,1-2H3/t5-,6+,7-,8+/m1/s1. The van der Waals surface area contributed by atoms with E-state index in [2.05, 4.69) is 19.1 Å². The maximum Gasteiger partial charge on any atom is 0.396 e. The summed E-state index contributed by atoms with van der Waals surface area (Å²) in [4.78, 5) is 0. The van der Waals surface area contributed by atoms with Gasteiger partial charge in [0.2, 0.25) is 0 Å². The van der Waals surface area contributed by atoms with Gasteiger partial charge in [-0.3, -0.25) is 0 Å². The molecule has 4 aliphatic rings. The largest absolute Gasteiger partial charge is 0.419 e. The summed E-state index contributed by atoms with van der Waals surface area (Å²) in [5.74, 6) is 1.74. The molecule has 0 unspecified atom stereocenters. The molecular weight excluding hydrogens is 149 g/mol. The third kappa shape index (κ3) is 0.698. The molecule has 65 valence electrons. The zero-order valence-corrected chi connectivity index (χ0v) is 7.71. The average molecular weight is 164 g/mol. The number of nitrogens with one attached hydrogen (secondary N) is 1. The van der Waals surface area contributed by atoms with Crippen LogP contribution in [0.5, 0.6) is 0 Å². The molecule has 2 bridgehead atoms. The van der Waals surface area contributed by atoms with E-state index in [9.17, 15) is 0 Å². The first-order valence-electron chi connectivity index (χ1n) is 4.93. The van der Waals surface area contributed by atoms with Crippen LogP contribution in [0.1, 0.15) is 26.7 Å². The Morgan fingerprint density at radius 2 is 2.25 bits per heavy atom. The van der Waals surface area contributed by atoms with Crippen LogP contribution in [-0.4, -0.2) is 19.8 Å². The van der Waals surface area contributed by atoms with E-state index in [0.717, 1.165) is 11.8 Å². The molecule has 4 atom stereocenters. The van der Waals surface area contributed by atoms with Crippen molar-refractivity contribution in [3.8, 4) is 0 Å². The van der Waals surface area contributed by atoms with Crippen LogP contribution < -0.4 is 5.23 Å². The highest BCUT2D eigenvalue weighted by Crippen LogP contribution is 2.60. The molecule has 0 aromatic heterocycles. The average Bonchev–Trinajstić information content (AvgIpc) is 2.49. The minimum atomic E-state index is 0.477. The van der Waals surface area contributed by atoms with Crippen LogP contribution in [0.4, 0.5) is 0 Å². The number of hydrogen-bond donors (Lipinski definition) is 1. The van der Waals surface area contributed by atoms with E-state index in [-0.39, 0.29) is 0 Å². The smallest absolute Gasteiger partial charge is 0.396 e. The molecule has 0 aromatic rings. The third-order valence-corrected chi connectivity index (χ3v) is 4.39. The Bertz CT molecular complexity index is 219. The lowest BCUT2D eigenvalue weighted by Crippen LogP contribution is -2.60. The molecule has 1 aliphatic heterocycles. The van der Waals surface area contributed by atoms with E-state index in [1.54, 1.807) is 7.62 Å². The summed E-state index contributed by atoms with van der Waals surface area (Å²) in [5.41, 5.74) is 0.543. The third-order valence-electron chi connectivity index (χ3n) is 4.39. The highest BCUT2D eigenvalue weighted by molar-refractivity contribution is 6.24. The lowest BCUT2D eigenvalue weighted by Gasteiger charge is -2.60. The van der Waals surface area contributed by atoms with Gasteiger partial charge >= 0.3 is 7.62 Å². The second kappa shape index (κ2) is 2.07. The van der Waals surface area contributed by atoms with Crippen molar-refractivity contribution in [2.45, 2.75) is 38.8 Å². The summed E-state index contributed by atoms with van der Waals surface area (Å²) in [5, 5.41) is 3.31. The van der Waals surface area contributed by atoms with Gasteiger partial charge in [-0.25, -0.2) is 0 Å². The van der Waals surface area contributed by atoms with E-state index >= 15 is 0 Å². The van der Waals surface area contributed by atoms with Crippen LogP contribution in [0.25, 0.3) is 0 Å². The van der Waals surface area contributed by atoms with Crippen LogP contribution in [0.15, 0.2) is 0 Å². The van der Waals surface area contributed by atoms with Crippen LogP contribution in [0, 0.1) is 17.3 Å². The van der Waals surface area contributed by atoms with Crippen LogP contribution >= 0.6 is 0 Å². The maximum atomic E-state index is 5.61. The first-order valence-corrected chi connectivity index (χ1v) is 4.93. The maximum absolute atomic E-state index is 5.61. The van der Waals surface area contributed by atoms with E-state index in [1.807, 2.05) is 0 Å². The highest BCUT2D eigenvalue weighted by atomic mass is 16.5. The summed E-state index contributed by atoms with van der Waals surface area (Å²) in [6.07, 6.45) is 3.18. The molecule has 3 saturated carbocycles. The fourth-order valence-electron chi connectivity index (χ4n) is 3.29. The van der Waals surface area contributed by atoms with Gasteiger partial charge in [-0.05, 0) is 30.1 Å². The van der Waals surface area contributed by atoms with Gasteiger partial charge in [0.25, 0.3) is 0 Å². The van der Waals surface area contributed by atoms with Crippen molar-refractivity contribution < 1.29 is 4.65 Å². The van der Waals surface area contributed by atoms with Crippen molar-refractivity contribution in [3.05, 3.63) is 0 Å². The first-order chi connectivity index (χ1) is 5.69. The summed E-state index contributed by atoms with van der Waals surface area (Å²) >= 11 is 0. The second-order valence-electron chi connectivity index (χ2n) is 5.09. The molecule has 1 heterocycles. The molecule has 4 rings (SSSR count). The minimum absolute atomic E-state index is 0.477. The van der Waals surface area contributed by atoms with Gasteiger partial charge in [-0.15, -0.1) is 0 Å². The van der Waals surface area contributed by atoms with Gasteiger partial charge in [0.05, 0.1) is 6.10 Å². The summed E-state index contributed by atoms with van der Waals surface area (Å²) in [6, 6.07) is 0.627. The molecule has 1 radical (unpaired) electrons. The van der Waals surface area contributed by atoms with E-state index in [1.165, 1.54) is 12.8 Å². The summed E-state index contributed by atoms with van der Waals surface area (Å²) < 4.78 is 5.61. The Hall–Kier alpha value is -0.0151. The van der Waals surface area contributed by atoms with Crippen LogP contribution in [0.3, 0.4) is 0 Å². The molecule has 3 heteroatoms. The molecule has 0 spiro atoms. The topological polar surface area (TPSA) is 21.3 Å². The molecule has 0 amide bonds. The Labute approximate surface area is 74.3 Å². The molecule has 12 heavy (non-hydrogen) atoms. The molecule has 1 saturated heterocycles. The van der Waals surface area contributed by atoms with Crippen molar-refractivity contribution in [1.29, 1.82) is 0 Å². The van der Waals surface area contributed by atoms with Crippen molar-refractivity contribution >= 4 is 7.62 Å². The van der Waals surface area contributed by atoms with Gasteiger partial charge < -0.3 is 9.88 Å². The molecule has 1 N–H and O–H groups in total. The van der Waals surface area contributed by atoms with Gasteiger partial charge in [-0.2, -0.15) is 0 Å². The molecule has 3 aliphatic carbocycles. The zero-order valence-electron chi connectivity index (χ0n) is 7.71. The van der Waals surface area contributed by atoms with Gasteiger partial charge in [-0.1, -0.05) is 13.8 Å². The molecular formula is C9H15BNO. The zero-order chi connectivity index (χ0) is 8.34. The number of hydrogen-bond acceptors (Lipinski definition) is 2. The minimum Gasteiger partial charge on any atom is -0.419 e. The Morgan fingerprint density at radius 3 is 3.00 bits per heavy atom. The predicted octanol–water partition coefficient (Wildman–Crippen LogP) is 0.944. The lowest BCUT2D eigenvalue weighted by molar-refractivity contribution is -0.131. The normalized spacial score (nSPS) is 53.8. The molecule has 2 nitrogen and oxygen atoms in total. The monoisotopic (exact) mass is 164 g/mol. The highest BCUT2D eigenvalue weighted by Gasteiger charge is 2.59. The second-order valence-corrected chi connectivity index (χ2v) is 5.09. The lowest BCUT2D eigenvalue weighted by atomic mass is 9.47. The van der Waals surface area contributed by atoms with Crippen molar-refractivity contribution in [2.75, 3.05) is 0 Å².